The molecule has 3 heterocycles. The van der Waals surface area contributed by atoms with Crippen LogP contribution in [0, 0.1) is 5.82 Å². The lowest BCUT2D eigenvalue weighted by Crippen LogP contribution is -2.17. The summed E-state index contributed by atoms with van der Waals surface area (Å²) in [5.74, 6) is -0.480. The molecule has 0 aliphatic carbocycles. The lowest BCUT2D eigenvalue weighted by atomic mass is 10.2. The molecule has 3 aromatic heterocycles. The molecule has 7 heteroatoms. The predicted molar refractivity (Wildman–Crippen MR) is 121 cm³/mol. The van der Waals surface area contributed by atoms with Crippen LogP contribution in [-0.4, -0.2) is 20.0 Å². The van der Waals surface area contributed by atoms with E-state index in [1.807, 2.05) is 63.2 Å². The minimum absolute atomic E-state index is 0.195. The smallest absolute Gasteiger partial charge is 0.272 e. The van der Waals surface area contributed by atoms with Gasteiger partial charge in [-0.15, -0.1) is 11.3 Å². The number of thiophene rings is 1. The minimum Gasteiger partial charge on any atom is -0.333 e. The van der Waals surface area contributed by atoms with Gasteiger partial charge in [0.15, 0.2) is 0 Å². The second-order valence-electron chi connectivity index (χ2n) is 7.31. The fraction of sp³-hybridized carbons (Fsp3) is 0.0833. The maximum atomic E-state index is 13.7. The highest BCUT2D eigenvalue weighted by Crippen LogP contribution is 2.27. The van der Waals surface area contributed by atoms with Gasteiger partial charge < -0.3 is 14.5 Å². The van der Waals surface area contributed by atoms with Crippen LogP contribution >= 0.6 is 11.3 Å². The summed E-state index contributed by atoms with van der Waals surface area (Å²) in [5, 5.41) is 5.01. The highest BCUT2D eigenvalue weighted by atomic mass is 32.1. The fourth-order valence-electron chi connectivity index (χ4n) is 3.69. The monoisotopic (exact) mass is 430 g/mol. The number of imidazole rings is 1. The number of nitrogens with zero attached hydrogens (tertiary/aromatic N) is 3. The summed E-state index contributed by atoms with van der Waals surface area (Å²) in [6, 6.07) is 18.1. The zero-order valence-electron chi connectivity index (χ0n) is 16.5. The Labute approximate surface area is 182 Å². The van der Waals surface area contributed by atoms with Crippen molar-refractivity contribution in [1.82, 2.24) is 14.1 Å². The van der Waals surface area contributed by atoms with Gasteiger partial charge >= 0.3 is 0 Å². The largest absolute Gasteiger partial charge is 0.333 e. The molecular formula is C24H19FN4OS. The number of rotatable bonds is 6. The number of amides is 1. The van der Waals surface area contributed by atoms with Crippen LogP contribution in [0.2, 0.25) is 0 Å². The molecule has 5 aromatic rings. The first kappa shape index (κ1) is 19.3. The number of hydrogen-bond donors (Lipinski definition) is 1. The average molecular weight is 431 g/mol. The zero-order chi connectivity index (χ0) is 21.2. The Balaban J connectivity index is 1.42. The molecule has 0 bridgehead atoms. The molecule has 0 aliphatic rings. The summed E-state index contributed by atoms with van der Waals surface area (Å²) in [6.45, 7) is 1.09. The number of halogens is 1. The van der Waals surface area contributed by atoms with E-state index in [2.05, 4.69) is 10.3 Å². The van der Waals surface area contributed by atoms with Crippen LogP contribution in [0.5, 0.6) is 0 Å². The number of benzene rings is 2. The third-order valence-electron chi connectivity index (χ3n) is 5.09. The lowest BCUT2D eigenvalue weighted by Gasteiger charge is -2.12. The van der Waals surface area contributed by atoms with Crippen molar-refractivity contribution in [3.63, 3.8) is 0 Å². The first-order chi connectivity index (χ1) is 15.2. The number of anilines is 1. The Hall–Kier alpha value is -3.71. The number of carbonyl (C=O) groups is 1. The second kappa shape index (κ2) is 8.20. The molecule has 1 amide bonds. The van der Waals surface area contributed by atoms with E-state index in [1.165, 1.54) is 12.1 Å². The molecule has 5 rings (SSSR count). The Morgan fingerprint density at radius 2 is 1.87 bits per heavy atom. The molecule has 1 N–H and O–H groups in total. The van der Waals surface area contributed by atoms with Crippen LogP contribution in [0.25, 0.3) is 10.2 Å². The molecule has 5 nitrogen and oxygen atoms in total. The Kier molecular flexibility index (Phi) is 5.09. The standard InChI is InChI=1S/C24H19FN4OS/c25-19-5-1-3-17(11-19)15-29-21-7-10-31-23(21)13-22(29)24(30)27-20-6-2-4-18(12-20)14-28-9-8-26-16-28/h1-13,16H,14-15H2,(H,27,30). The molecule has 0 aliphatic heterocycles. The zero-order valence-corrected chi connectivity index (χ0v) is 17.3. The van der Waals surface area contributed by atoms with Crippen molar-refractivity contribution in [2.24, 2.45) is 0 Å². The summed E-state index contributed by atoms with van der Waals surface area (Å²) in [7, 11) is 0. The third kappa shape index (κ3) is 4.13. The minimum atomic E-state index is -0.285. The third-order valence-corrected chi connectivity index (χ3v) is 5.95. The summed E-state index contributed by atoms with van der Waals surface area (Å²) in [4.78, 5) is 17.2. The van der Waals surface area contributed by atoms with Gasteiger partial charge in [0.1, 0.15) is 11.5 Å². The summed E-state index contributed by atoms with van der Waals surface area (Å²) in [6.07, 6.45) is 5.40. The molecule has 0 atom stereocenters. The van der Waals surface area contributed by atoms with Crippen LogP contribution in [0.4, 0.5) is 10.1 Å². The van der Waals surface area contributed by atoms with Crippen LogP contribution in [-0.2, 0) is 13.1 Å². The van der Waals surface area contributed by atoms with Gasteiger partial charge in [0.05, 0.1) is 16.5 Å². The van der Waals surface area contributed by atoms with Crippen molar-refractivity contribution in [1.29, 1.82) is 0 Å². The first-order valence-electron chi connectivity index (χ1n) is 9.83. The SMILES string of the molecule is O=C(Nc1cccc(Cn2ccnc2)c1)c1cc2sccc2n1Cc1cccc(F)c1. The van der Waals surface area contributed by atoms with Gasteiger partial charge in [-0.05, 0) is 52.9 Å². The van der Waals surface area contributed by atoms with Crippen LogP contribution in [0.1, 0.15) is 21.6 Å². The van der Waals surface area contributed by atoms with Gasteiger partial charge in [-0.25, -0.2) is 9.37 Å². The van der Waals surface area contributed by atoms with Gasteiger partial charge in [-0.2, -0.15) is 0 Å². The van der Waals surface area contributed by atoms with Crippen molar-refractivity contribution in [3.8, 4) is 0 Å². The molecular weight excluding hydrogens is 411 g/mol. The molecule has 2 aromatic carbocycles. The molecule has 0 saturated carbocycles. The van der Waals surface area contributed by atoms with E-state index >= 15 is 0 Å². The summed E-state index contributed by atoms with van der Waals surface area (Å²) < 4.78 is 18.6. The van der Waals surface area contributed by atoms with E-state index in [1.54, 1.807) is 29.9 Å². The normalized spacial score (nSPS) is 11.1. The van der Waals surface area contributed by atoms with Gasteiger partial charge in [0.25, 0.3) is 5.91 Å². The molecule has 154 valence electrons. The molecule has 0 unspecified atom stereocenters. The van der Waals surface area contributed by atoms with Crippen LogP contribution in [0.3, 0.4) is 0 Å². The van der Waals surface area contributed by atoms with Crippen molar-refractivity contribution in [3.05, 3.63) is 107 Å². The van der Waals surface area contributed by atoms with Crippen LogP contribution in [0.15, 0.2) is 84.8 Å². The fourth-order valence-corrected chi connectivity index (χ4v) is 4.51. The Morgan fingerprint density at radius 1 is 1.03 bits per heavy atom. The summed E-state index contributed by atoms with van der Waals surface area (Å²) >= 11 is 1.58. The van der Waals surface area contributed by atoms with E-state index in [0.29, 0.717) is 18.8 Å². The number of nitrogens with one attached hydrogen (secondary N) is 1. The topological polar surface area (TPSA) is 51.9 Å². The first-order valence-corrected chi connectivity index (χ1v) is 10.7. The van der Waals surface area contributed by atoms with E-state index in [-0.39, 0.29) is 11.7 Å². The number of fused-ring (bicyclic) bond motifs is 1. The number of aromatic nitrogens is 3. The van der Waals surface area contributed by atoms with Crippen molar-refractivity contribution >= 4 is 33.1 Å². The van der Waals surface area contributed by atoms with Gasteiger partial charge in [0, 0.05) is 31.2 Å². The molecule has 0 saturated heterocycles. The van der Waals surface area contributed by atoms with Crippen LogP contribution < -0.4 is 5.32 Å². The molecule has 0 fully saturated rings. The molecule has 0 spiro atoms. The van der Waals surface area contributed by atoms with E-state index in [4.69, 9.17) is 0 Å². The summed E-state index contributed by atoms with van der Waals surface area (Å²) in [5.41, 5.74) is 4.11. The number of carbonyl (C=O) groups excluding carboxylic acids is 1. The quantitative estimate of drug-likeness (QED) is 0.393. The Morgan fingerprint density at radius 3 is 2.68 bits per heavy atom. The molecule has 31 heavy (non-hydrogen) atoms. The number of hydrogen-bond acceptors (Lipinski definition) is 3. The van der Waals surface area contributed by atoms with Crippen molar-refractivity contribution < 1.29 is 9.18 Å². The highest BCUT2D eigenvalue weighted by Gasteiger charge is 2.17. The predicted octanol–water partition coefficient (Wildman–Crippen LogP) is 5.39. The van der Waals surface area contributed by atoms with Gasteiger partial charge in [-0.1, -0.05) is 24.3 Å². The maximum Gasteiger partial charge on any atom is 0.272 e. The lowest BCUT2D eigenvalue weighted by molar-refractivity contribution is 0.101. The van der Waals surface area contributed by atoms with Crippen molar-refractivity contribution in [2.45, 2.75) is 13.1 Å². The maximum absolute atomic E-state index is 13.7. The second-order valence-corrected chi connectivity index (χ2v) is 8.25. The highest BCUT2D eigenvalue weighted by molar-refractivity contribution is 7.17. The van der Waals surface area contributed by atoms with Crippen molar-refractivity contribution in [2.75, 3.05) is 5.32 Å². The molecule has 0 radical (unpaired) electrons. The van der Waals surface area contributed by atoms with E-state index < -0.39 is 0 Å². The van der Waals surface area contributed by atoms with Gasteiger partial charge in [-0.3, -0.25) is 4.79 Å². The van der Waals surface area contributed by atoms with E-state index in [0.717, 1.165) is 27.0 Å². The van der Waals surface area contributed by atoms with E-state index in [9.17, 15) is 9.18 Å². The average Bonchev–Trinajstić information content (AvgIpc) is 3.48. The van der Waals surface area contributed by atoms with Gasteiger partial charge in [0.2, 0.25) is 0 Å². The Bertz CT molecular complexity index is 1350.